The van der Waals surface area contributed by atoms with Crippen molar-refractivity contribution >= 4 is 5.96 Å². The molecular formula is C24H37N5O2. The Kier molecular flexibility index (Phi) is 9.86. The van der Waals surface area contributed by atoms with E-state index in [-0.39, 0.29) is 0 Å². The zero-order chi connectivity index (χ0) is 21.7. The molecule has 0 amide bonds. The summed E-state index contributed by atoms with van der Waals surface area (Å²) in [6.07, 6.45) is 9.48. The maximum absolute atomic E-state index is 5.97. The Bertz CT molecular complexity index is 769. The summed E-state index contributed by atoms with van der Waals surface area (Å²) in [4.78, 5) is 11.4. The van der Waals surface area contributed by atoms with E-state index < -0.39 is 0 Å². The van der Waals surface area contributed by atoms with Crippen molar-refractivity contribution in [3.05, 3.63) is 54.1 Å². The summed E-state index contributed by atoms with van der Waals surface area (Å²) in [7, 11) is 3.58. The van der Waals surface area contributed by atoms with Crippen LogP contribution in [-0.2, 0) is 29.0 Å². The molecule has 1 aromatic heterocycles. The number of ether oxygens (including phenoxy) is 2. The fraction of sp³-hybridized carbons (Fsp3) is 0.583. The van der Waals surface area contributed by atoms with Gasteiger partial charge in [0, 0.05) is 59.4 Å². The second-order valence-corrected chi connectivity index (χ2v) is 7.93. The number of guanidine groups is 1. The Morgan fingerprint density at radius 2 is 1.97 bits per heavy atom. The summed E-state index contributed by atoms with van der Waals surface area (Å²) in [6, 6.07) is 10.6. The van der Waals surface area contributed by atoms with Gasteiger partial charge in [0.15, 0.2) is 5.96 Å². The first kappa shape index (κ1) is 23.3. The quantitative estimate of drug-likeness (QED) is 0.339. The molecule has 1 aliphatic heterocycles. The van der Waals surface area contributed by atoms with Crippen molar-refractivity contribution < 1.29 is 9.47 Å². The van der Waals surface area contributed by atoms with E-state index in [1.165, 1.54) is 5.56 Å². The predicted molar refractivity (Wildman–Crippen MR) is 124 cm³/mol. The van der Waals surface area contributed by atoms with Gasteiger partial charge in [0.1, 0.15) is 5.82 Å². The molecular weight excluding hydrogens is 390 g/mol. The van der Waals surface area contributed by atoms with Crippen molar-refractivity contribution in [2.45, 2.75) is 51.3 Å². The number of nitrogens with zero attached hydrogens (tertiary/aromatic N) is 4. The maximum atomic E-state index is 5.97. The number of aromatic nitrogens is 2. The third-order valence-electron chi connectivity index (χ3n) is 5.71. The van der Waals surface area contributed by atoms with E-state index in [4.69, 9.17) is 9.47 Å². The van der Waals surface area contributed by atoms with Gasteiger partial charge in [0.2, 0.25) is 0 Å². The number of hydrogen-bond donors (Lipinski definition) is 1. The second kappa shape index (κ2) is 13.1. The number of imidazole rings is 1. The molecule has 0 bridgehead atoms. The maximum Gasteiger partial charge on any atom is 0.194 e. The van der Waals surface area contributed by atoms with E-state index in [9.17, 15) is 0 Å². The number of aliphatic imine (C=N–C) groups is 1. The molecule has 0 unspecified atom stereocenters. The molecule has 31 heavy (non-hydrogen) atoms. The molecule has 2 heterocycles. The summed E-state index contributed by atoms with van der Waals surface area (Å²) >= 11 is 0. The van der Waals surface area contributed by atoms with E-state index in [0.717, 1.165) is 76.7 Å². The fourth-order valence-corrected chi connectivity index (χ4v) is 3.99. The Morgan fingerprint density at radius 1 is 1.16 bits per heavy atom. The van der Waals surface area contributed by atoms with Crippen LogP contribution in [0, 0.1) is 0 Å². The Hall–Kier alpha value is -2.38. The number of benzene rings is 1. The highest BCUT2D eigenvalue weighted by Crippen LogP contribution is 2.14. The minimum absolute atomic E-state index is 0.342. The van der Waals surface area contributed by atoms with Crippen LogP contribution in [0.5, 0.6) is 0 Å². The number of rotatable bonds is 11. The van der Waals surface area contributed by atoms with Crippen LogP contribution in [0.3, 0.4) is 0 Å². The number of aryl methyl sites for hydroxylation is 2. The van der Waals surface area contributed by atoms with Gasteiger partial charge in [-0.15, -0.1) is 0 Å². The van der Waals surface area contributed by atoms with Crippen LogP contribution in [0.15, 0.2) is 47.7 Å². The average Bonchev–Trinajstić information content (AvgIpc) is 3.26. The summed E-state index contributed by atoms with van der Waals surface area (Å²) in [5, 5.41) is 3.50. The van der Waals surface area contributed by atoms with E-state index in [1.54, 1.807) is 7.11 Å². The van der Waals surface area contributed by atoms with Crippen LogP contribution in [-0.4, -0.2) is 67.0 Å². The van der Waals surface area contributed by atoms with Crippen molar-refractivity contribution in [3.63, 3.8) is 0 Å². The summed E-state index contributed by atoms with van der Waals surface area (Å²) < 4.78 is 13.3. The Balaban J connectivity index is 1.40. The lowest BCUT2D eigenvalue weighted by atomic mass is 10.1. The first-order chi connectivity index (χ1) is 15.3. The molecule has 1 fully saturated rings. The van der Waals surface area contributed by atoms with Gasteiger partial charge in [-0.2, -0.15) is 0 Å². The first-order valence-electron chi connectivity index (χ1n) is 11.4. The van der Waals surface area contributed by atoms with Crippen molar-refractivity contribution in [3.8, 4) is 0 Å². The zero-order valence-corrected chi connectivity index (χ0v) is 19.0. The van der Waals surface area contributed by atoms with Crippen LogP contribution < -0.4 is 5.32 Å². The lowest BCUT2D eigenvalue weighted by Crippen LogP contribution is -2.47. The SMILES string of the molecule is CN=C(NCc1nccn1CCCc1ccccc1)N1CCC(OCCCOC)CC1. The third-order valence-corrected chi connectivity index (χ3v) is 5.71. The van der Waals surface area contributed by atoms with Crippen LogP contribution >= 0.6 is 0 Å². The molecule has 0 aliphatic carbocycles. The molecule has 7 heteroatoms. The highest BCUT2D eigenvalue weighted by molar-refractivity contribution is 5.79. The zero-order valence-electron chi connectivity index (χ0n) is 19.0. The molecule has 1 saturated heterocycles. The lowest BCUT2D eigenvalue weighted by molar-refractivity contribution is 0.00989. The predicted octanol–water partition coefficient (Wildman–Crippen LogP) is 3.11. The standard InChI is InChI=1S/C24H37N5O2/c1-25-24(29-15-11-22(12-16-29)31-19-7-18-30-2)27-20-23-26-13-17-28(23)14-6-10-21-8-4-3-5-9-21/h3-5,8-9,13,17,22H,6-7,10-12,14-16,18-20H2,1-2H3,(H,25,27). The minimum Gasteiger partial charge on any atom is -0.385 e. The van der Waals surface area contributed by atoms with E-state index >= 15 is 0 Å². The molecule has 1 N–H and O–H groups in total. The Labute approximate surface area is 186 Å². The molecule has 0 radical (unpaired) electrons. The van der Waals surface area contributed by atoms with Crippen LogP contribution in [0.25, 0.3) is 0 Å². The molecule has 170 valence electrons. The number of piperidine rings is 1. The summed E-state index contributed by atoms with van der Waals surface area (Å²) in [5.74, 6) is 1.99. The van der Waals surface area contributed by atoms with Crippen LogP contribution in [0.4, 0.5) is 0 Å². The minimum atomic E-state index is 0.342. The number of likely N-dealkylation sites (tertiary alicyclic amines) is 1. The van der Waals surface area contributed by atoms with Gasteiger partial charge in [0.05, 0.1) is 12.6 Å². The average molecular weight is 428 g/mol. The third kappa shape index (κ3) is 7.67. The van der Waals surface area contributed by atoms with E-state index in [1.807, 2.05) is 13.2 Å². The molecule has 1 aliphatic rings. The second-order valence-electron chi connectivity index (χ2n) is 7.93. The number of nitrogens with one attached hydrogen (secondary N) is 1. The first-order valence-corrected chi connectivity index (χ1v) is 11.4. The van der Waals surface area contributed by atoms with Crippen molar-refractivity contribution in [2.75, 3.05) is 40.5 Å². The molecule has 0 spiro atoms. The normalized spacial score (nSPS) is 15.4. The number of hydrogen-bond acceptors (Lipinski definition) is 4. The van der Waals surface area contributed by atoms with Crippen molar-refractivity contribution in [1.82, 2.24) is 19.8 Å². The summed E-state index contributed by atoms with van der Waals surface area (Å²) in [6.45, 7) is 5.10. The van der Waals surface area contributed by atoms with Gasteiger partial charge in [-0.05, 0) is 37.7 Å². The molecule has 1 aromatic carbocycles. The largest absolute Gasteiger partial charge is 0.385 e. The Morgan fingerprint density at radius 3 is 2.71 bits per heavy atom. The highest BCUT2D eigenvalue weighted by Gasteiger charge is 2.22. The molecule has 7 nitrogen and oxygen atoms in total. The van der Waals surface area contributed by atoms with Gasteiger partial charge >= 0.3 is 0 Å². The molecule has 2 aromatic rings. The van der Waals surface area contributed by atoms with Gasteiger partial charge in [0.25, 0.3) is 0 Å². The van der Waals surface area contributed by atoms with Gasteiger partial charge in [-0.3, -0.25) is 4.99 Å². The highest BCUT2D eigenvalue weighted by atomic mass is 16.5. The number of methoxy groups -OCH3 is 1. The smallest absolute Gasteiger partial charge is 0.194 e. The molecule has 3 rings (SSSR count). The monoisotopic (exact) mass is 427 g/mol. The van der Waals surface area contributed by atoms with E-state index in [0.29, 0.717) is 12.6 Å². The van der Waals surface area contributed by atoms with E-state index in [2.05, 4.69) is 61.3 Å². The topological polar surface area (TPSA) is 63.9 Å². The molecule has 0 atom stereocenters. The van der Waals surface area contributed by atoms with Crippen LogP contribution in [0.2, 0.25) is 0 Å². The summed E-state index contributed by atoms with van der Waals surface area (Å²) in [5.41, 5.74) is 1.38. The fourth-order valence-electron chi connectivity index (χ4n) is 3.99. The van der Waals surface area contributed by atoms with Gasteiger partial charge in [-0.25, -0.2) is 4.98 Å². The van der Waals surface area contributed by atoms with Gasteiger partial charge < -0.3 is 24.3 Å². The molecule has 0 saturated carbocycles. The van der Waals surface area contributed by atoms with Gasteiger partial charge in [-0.1, -0.05) is 30.3 Å². The lowest BCUT2D eigenvalue weighted by Gasteiger charge is -2.34. The van der Waals surface area contributed by atoms with Crippen LogP contribution in [0.1, 0.15) is 37.1 Å². The van der Waals surface area contributed by atoms with Crippen molar-refractivity contribution in [2.24, 2.45) is 4.99 Å². The van der Waals surface area contributed by atoms with Crippen molar-refractivity contribution in [1.29, 1.82) is 0 Å².